The van der Waals surface area contributed by atoms with Crippen LogP contribution in [0.5, 0.6) is 0 Å². The Balaban J connectivity index is 2.06. The second-order valence-corrected chi connectivity index (χ2v) is 3.47. The minimum Gasteiger partial charge on any atom is -0.331 e. The molecule has 0 aliphatic carbocycles. The molecule has 2 heterocycles. The van der Waals surface area contributed by atoms with Crippen molar-refractivity contribution in [3.05, 3.63) is 42.4 Å². The smallest absolute Gasteiger partial charge is 0.130 e. The predicted molar refractivity (Wildman–Crippen MR) is 55.7 cm³/mol. The normalized spacial score (nSPS) is 14.4. The maximum absolute atomic E-state index is 4.04. The summed E-state index contributed by atoms with van der Waals surface area (Å²) in [6.07, 6.45) is 4.70. The molecule has 3 rings (SSSR count). The number of anilines is 2. The summed E-state index contributed by atoms with van der Waals surface area (Å²) in [7, 11) is 0. The van der Waals surface area contributed by atoms with E-state index in [0.29, 0.717) is 0 Å². The van der Waals surface area contributed by atoms with Gasteiger partial charge in [-0.05, 0) is 18.1 Å². The summed E-state index contributed by atoms with van der Waals surface area (Å²) < 4.78 is 0. The summed E-state index contributed by atoms with van der Waals surface area (Å²) in [4.78, 5) is 9.44. The van der Waals surface area contributed by atoms with Gasteiger partial charge in [-0.2, -0.15) is 0 Å². The van der Waals surface area contributed by atoms with Gasteiger partial charge in [0.15, 0.2) is 0 Å². The maximum Gasteiger partial charge on any atom is 0.130 e. The number of imidazole rings is 1. The van der Waals surface area contributed by atoms with Crippen molar-refractivity contribution in [2.24, 2.45) is 0 Å². The van der Waals surface area contributed by atoms with Crippen LogP contribution in [0.2, 0.25) is 0 Å². The van der Waals surface area contributed by atoms with Gasteiger partial charge in [0.25, 0.3) is 0 Å². The molecule has 1 aliphatic heterocycles. The predicted octanol–water partition coefficient (Wildman–Crippen LogP) is 2.10. The van der Waals surface area contributed by atoms with E-state index in [1.54, 1.807) is 6.33 Å². The summed E-state index contributed by atoms with van der Waals surface area (Å²) in [6.45, 7) is 1.04. The van der Waals surface area contributed by atoms with Crippen LogP contribution < -0.4 is 4.90 Å². The summed E-state index contributed by atoms with van der Waals surface area (Å²) in [6, 6.07) is 8.51. The zero-order chi connectivity index (χ0) is 9.38. The van der Waals surface area contributed by atoms with Crippen molar-refractivity contribution in [1.82, 2.24) is 9.97 Å². The molecule has 1 aliphatic rings. The highest BCUT2D eigenvalue weighted by Crippen LogP contribution is 2.32. The summed E-state index contributed by atoms with van der Waals surface area (Å²) in [5.41, 5.74) is 2.72. The molecule has 0 unspecified atom stereocenters. The van der Waals surface area contributed by atoms with Gasteiger partial charge in [0.2, 0.25) is 0 Å². The Bertz CT molecular complexity index is 434. The van der Waals surface area contributed by atoms with Gasteiger partial charge in [-0.15, -0.1) is 0 Å². The molecule has 1 aromatic heterocycles. The molecular formula is C11H11N3. The van der Waals surface area contributed by atoms with E-state index in [1.165, 1.54) is 11.3 Å². The molecule has 0 saturated heterocycles. The molecule has 3 heteroatoms. The van der Waals surface area contributed by atoms with Gasteiger partial charge in [-0.1, -0.05) is 18.2 Å². The van der Waals surface area contributed by atoms with E-state index in [1.807, 2.05) is 6.20 Å². The number of nitrogens with one attached hydrogen (secondary N) is 1. The zero-order valence-corrected chi connectivity index (χ0v) is 7.77. The molecule has 0 atom stereocenters. The van der Waals surface area contributed by atoms with Crippen molar-refractivity contribution < 1.29 is 0 Å². The first-order valence-electron chi connectivity index (χ1n) is 4.79. The number of rotatable bonds is 1. The average Bonchev–Trinajstić information content (AvgIpc) is 2.85. The second-order valence-electron chi connectivity index (χ2n) is 3.47. The molecular weight excluding hydrogens is 174 g/mol. The molecule has 0 radical (unpaired) electrons. The highest BCUT2D eigenvalue weighted by Gasteiger charge is 2.19. The second kappa shape index (κ2) is 2.87. The van der Waals surface area contributed by atoms with Crippen LogP contribution in [-0.4, -0.2) is 16.5 Å². The molecule has 1 N–H and O–H groups in total. The molecule has 70 valence electrons. The lowest BCUT2D eigenvalue weighted by molar-refractivity contribution is 0.981. The minimum absolute atomic E-state index is 1.04. The number of aromatic amines is 1. The molecule has 0 saturated carbocycles. The molecule has 14 heavy (non-hydrogen) atoms. The molecule has 0 bridgehead atoms. The fourth-order valence-electron chi connectivity index (χ4n) is 1.98. The van der Waals surface area contributed by atoms with Gasteiger partial charge in [-0.3, -0.25) is 0 Å². The van der Waals surface area contributed by atoms with E-state index < -0.39 is 0 Å². The van der Waals surface area contributed by atoms with Crippen LogP contribution in [0.25, 0.3) is 0 Å². The minimum atomic E-state index is 1.04. The Kier molecular flexibility index (Phi) is 1.56. The van der Waals surface area contributed by atoms with Crippen LogP contribution in [0.3, 0.4) is 0 Å². The summed E-state index contributed by atoms with van der Waals surface area (Å²) in [5.74, 6) is 1.08. The van der Waals surface area contributed by atoms with Crippen LogP contribution in [0.1, 0.15) is 5.56 Å². The van der Waals surface area contributed by atoms with Crippen molar-refractivity contribution >= 4 is 11.5 Å². The Hall–Kier alpha value is -1.77. The fraction of sp³-hybridized carbons (Fsp3) is 0.182. The summed E-state index contributed by atoms with van der Waals surface area (Å²) >= 11 is 0. The van der Waals surface area contributed by atoms with E-state index in [-0.39, 0.29) is 0 Å². The van der Waals surface area contributed by atoms with Crippen molar-refractivity contribution in [3.63, 3.8) is 0 Å². The largest absolute Gasteiger partial charge is 0.331 e. The first-order valence-corrected chi connectivity index (χ1v) is 4.79. The molecule has 0 spiro atoms. The number of para-hydroxylation sites is 1. The van der Waals surface area contributed by atoms with Gasteiger partial charge in [0, 0.05) is 12.2 Å². The number of aromatic nitrogens is 2. The van der Waals surface area contributed by atoms with E-state index in [4.69, 9.17) is 0 Å². The Labute approximate surface area is 82.4 Å². The van der Waals surface area contributed by atoms with Crippen LogP contribution in [-0.2, 0) is 6.42 Å². The maximum atomic E-state index is 4.04. The topological polar surface area (TPSA) is 31.9 Å². The first-order chi connectivity index (χ1) is 6.95. The molecule has 0 fully saturated rings. The Morgan fingerprint density at radius 3 is 3.07 bits per heavy atom. The molecule has 2 aromatic rings. The molecule has 0 amide bonds. The highest BCUT2D eigenvalue weighted by molar-refractivity contribution is 5.66. The quantitative estimate of drug-likeness (QED) is 0.737. The van der Waals surface area contributed by atoms with Crippen LogP contribution >= 0.6 is 0 Å². The number of hydrogen-bond acceptors (Lipinski definition) is 2. The fourth-order valence-corrected chi connectivity index (χ4v) is 1.98. The van der Waals surface area contributed by atoms with Gasteiger partial charge in [-0.25, -0.2) is 4.98 Å². The third-order valence-electron chi connectivity index (χ3n) is 2.66. The van der Waals surface area contributed by atoms with Crippen LogP contribution in [0.4, 0.5) is 11.5 Å². The number of nitrogens with zero attached hydrogens (tertiary/aromatic N) is 2. The van der Waals surface area contributed by atoms with Crippen LogP contribution in [0.15, 0.2) is 36.8 Å². The average molecular weight is 185 g/mol. The van der Waals surface area contributed by atoms with Gasteiger partial charge in [0.1, 0.15) is 5.82 Å². The number of H-pyrrole nitrogens is 1. The van der Waals surface area contributed by atoms with E-state index in [2.05, 4.69) is 39.1 Å². The van der Waals surface area contributed by atoms with Crippen molar-refractivity contribution in [3.8, 4) is 0 Å². The van der Waals surface area contributed by atoms with Crippen LogP contribution in [0, 0.1) is 0 Å². The Morgan fingerprint density at radius 1 is 1.29 bits per heavy atom. The van der Waals surface area contributed by atoms with Gasteiger partial charge < -0.3 is 9.88 Å². The summed E-state index contributed by atoms with van der Waals surface area (Å²) in [5, 5.41) is 0. The van der Waals surface area contributed by atoms with Crippen molar-refractivity contribution in [2.75, 3.05) is 11.4 Å². The van der Waals surface area contributed by atoms with Gasteiger partial charge >= 0.3 is 0 Å². The monoisotopic (exact) mass is 185 g/mol. The van der Waals surface area contributed by atoms with E-state index in [0.717, 1.165) is 18.8 Å². The third-order valence-corrected chi connectivity index (χ3v) is 2.66. The Morgan fingerprint density at radius 2 is 2.21 bits per heavy atom. The van der Waals surface area contributed by atoms with E-state index >= 15 is 0 Å². The lowest BCUT2D eigenvalue weighted by atomic mass is 10.2. The molecule has 3 nitrogen and oxygen atoms in total. The lowest BCUT2D eigenvalue weighted by Gasteiger charge is -2.16. The highest BCUT2D eigenvalue weighted by atomic mass is 15.2. The van der Waals surface area contributed by atoms with Crippen molar-refractivity contribution in [1.29, 1.82) is 0 Å². The number of hydrogen-bond donors (Lipinski definition) is 1. The van der Waals surface area contributed by atoms with Crippen molar-refractivity contribution in [2.45, 2.75) is 6.42 Å². The number of benzene rings is 1. The molecule has 1 aromatic carbocycles. The lowest BCUT2D eigenvalue weighted by Crippen LogP contribution is -2.13. The third kappa shape index (κ3) is 1.02. The SMILES string of the molecule is c1ccc2c(c1)CCN2c1cnc[nH]1. The number of fused-ring (bicyclic) bond motifs is 1. The van der Waals surface area contributed by atoms with Gasteiger partial charge in [0.05, 0.1) is 12.5 Å². The zero-order valence-electron chi connectivity index (χ0n) is 7.77. The van der Waals surface area contributed by atoms with E-state index in [9.17, 15) is 0 Å². The first kappa shape index (κ1) is 7.62. The standard InChI is InChI=1S/C11H11N3/c1-2-4-10-9(3-1)5-6-14(10)11-7-12-8-13-11/h1-4,7-8H,5-6H2,(H,12,13).